The Kier molecular flexibility index (Phi) is 4.65. The zero-order valence-electron chi connectivity index (χ0n) is 14.9. The molecule has 1 aromatic heterocycles. The van der Waals surface area contributed by atoms with E-state index in [0.717, 1.165) is 44.3 Å². The average Bonchev–Trinajstić information content (AvgIpc) is 3.12. The number of nitrogens with zero attached hydrogens (tertiary/aromatic N) is 2. The third-order valence-electron chi connectivity index (χ3n) is 4.71. The first-order valence-electron chi connectivity index (χ1n) is 9.08. The third-order valence-corrected chi connectivity index (χ3v) is 4.71. The van der Waals surface area contributed by atoms with E-state index in [1.807, 2.05) is 25.3 Å². The molecule has 0 aromatic carbocycles. The van der Waals surface area contributed by atoms with Gasteiger partial charge in [-0.05, 0) is 52.9 Å². The van der Waals surface area contributed by atoms with Crippen LogP contribution in [0.2, 0.25) is 0 Å². The first kappa shape index (κ1) is 17.0. The van der Waals surface area contributed by atoms with E-state index in [1.165, 1.54) is 12.8 Å². The second-order valence-electron chi connectivity index (χ2n) is 8.00. The van der Waals surface area contributed by atoms with E-state index >= 15 is 0 Å². The molecule has 2 heterocycles. The van der Waals surface area contributed by atoms with Crippen LogP contribution in [0.3, 0.4) is 0 Å². The van der Waals surface area contributed by atoms with Gasteiger partial charge < -0.3 is 15.2 Å². The minimum atomic E-state index is -0.325. The lowest BCUT2D eigenvalue weighted by Crippen LogP contribution is -2.41. The van der Waals surface area contributed by atoms with E-state index < -0.39 is 0 Å². The Labute approximate surface area is 143 Å². The lowest BCUT2D eigenvalue weighted by atomic mass is 10.1. The van der Waals surface area contributed by atoms with Gasteiger partial charge >= 0.3 is 0 Å². The molecule has 0 radical (unpaired) electrons. The van der Waals surface area contributed by atoms with Gasteiger partial charge in [0, 0.05) is 18.1 Å². The molecule has 0 bridgehead atoms. The van der Waals surface area contributed by atoms with Crippen molar-refractivity contribution in [1.82, 2.24) is 20.2 Å². The number of nitrogens with one attached hydrogen (secondary N) is 2. The smallest absolute Gasteiger partial charge is 0.287 e. The molecule has 2 amide bonds. The molecule has 0 spiro atoms. The van der Waals surface area contributed by atoms with Gasteiger partial charge in [0.05, 0.1) is 5.69 Å². The van der Waals surface area contributed by atoms with Crippen LogP contribution in [0.25, 0.3) is 0 Å². The molecule has 24 heavy (non-hydrogen) atoms. The van der Waals surface area contributed by atoms with Crippen LogP contribution in [0.5, 0.6) is 0 Å². The van der Waals surface area contributed by atoms with Gasteiger partial charge in [-0.15, -0.1) is 0 Å². The van der Waals surface area contributed by atoms with Crippen LogP contribution in [0.15, 0.2) is 0 Å². The van der Waals surface area contributed by atoms with Crippen molar-refractivity contribution >= 4 is 11.8 Å². The molecule has 0 saturated heterocycles. The van der Waals surface area contributed by atoms with Crippen molar-refractivity contribution in [3.05, 3.63) is 17.2 Å². The number of fused-ring (bicyclic) bond motifs is 1. The Morgan fingerprint density at radius 3 is 2.46 bits per heavy atom. The topological polar surface area (TPSA) is 76.0 Å². The normalized spacial score (nSPS) is 18.3. The van der Waals surface area contributed by atoms with Crippen LogP contribution < -0.4 is 10.6 Å². The number of hydrogen-bond acceptors (Lipinski definition) is 3. The number of hydrogen-bond donors (Lipinski definition) is 2. The Hall–Kier alpha value is -1.85. The molecule has 1 aromatic rings. The van der Waals surface area contributed by atoms with Crippen molar-refractivity contribution in [2.24, 2.45) is 0 Å². The SMILES string of the molecule is CC(C)(C)NC(=O)c1nc(C(=O)NC2CCCC2)n2c1CCCC2. The maximum absolute atomic E-state index is 12.7. The predicted octanol–water partition coefficient (Wildman–Crippen LogP) is 2.42. The van der Waals surface area contributed by atoms with Crippen LogP contribution in [0.1, 0.15) is 86.1 Å². The van der Waals surface area contributed by atoms with Gasteiger partial charge in [0.2, 0.25) is 0 Å². The lowest BCUT2D eigenvalue weighted by molar-refractivity contribution is 0.0913. The summed E-state index contributed by atoms with van der Waals surface area (Å²) in [6.07, 6.45) is 7.27. The van der Waals surface area contributed by atoms with Gasteiger partial charge in [0.1, 0.15) is 5.69 Å². The van der Waals surface area contributed by atoms with Crippen molar-refractivity contribution in [2.45, 2.75) is 83.8 Å². The molecule has 2 aliphatic rings. The van der Waals surface area contributed by atoms with Crippen molar-refractivity contribution in [2.75, 3.05) is 0 Å². The largest absolute Gasteiger partial charge is 0.347 e. The number of carbonyl (C=O) groups excluding carboxylic acids is 2. The van der Waals surface area contributed by atoms with Crippen molar-refractivity contribution in [1.29, 1.82) is 0 Å². The predicted molar refractivity (Wildman–Crippen MR) is 92.1 cm³/mol. The maximum Gasteiger partial charge on any atom is 0.287 e. The molecule has 6 heteroatoms. The van der Waals surface area contributed by atoms with E-state index in [9.17, 15) is 9.59 Å². The Bertz CT molecular complexity index is 636. The highest BCUT2D eigenvalue weighted by molar-refractivity contribution is 5.97. The molecule has 0 atom stereocenters. The van der Waals surface area contributed by atoms with Gasteiger partial charge in [-0.1, -0.05) is 12.8 Å². The van der Waals surface area contributed by atoms with Crippen molar-refractivity contribution in [3.8, 4) is 0 Å². The maximum atomic E-state index is 12.7. The van der Waals surface area contributed by atoms with Crippen LogP contribution in [-0.2, 0) is 13.0 Å². The highest BCUT2D eigenvalue weighted by atomic mass is 16.2. The molecule has 1 aliphatic heterocycles. The minimum absolute atomic E-state index is 0.139. The highest BCUT2D eigenvalue weighted by Crippen LogP contribution is 2.23. The summed E-state index contributed by atoms with van der Waals surface area (Å²) in [5, 5.41) is 6.06. The number of amides is 2. The van der Waals surface area contributed by atoms with Crippen LogP contribution >= 0.6 is 0 Å². The van der Waals surface area contributed by atoms with Gasteiger partial charge in [-0.3, -0.25) is 9.59 Å². The van der Waals surface area contributed by atoms with E-state index in [4.69, 9.17) is 0 Å². The Morgan fingerprint density at radius 2 is 1.79 bits per heavy atom. The fraction of sp³-hybridized carbons (Fsp3) is 0.722. The second-order valence-corrected chi connectivity index (χ2v) is 8.00. The lowest BCUT2D eigenvalue weighted by Gasteiger charge is -2.21. The van der Waals surface area contributed by atoms with E-state index in [-0.39, 0.29) is 23.4 Å². The fourth-order valence-corrected chi connectivity index (χ4v) is 3.62. The summed E-state index contributed by atoms with van der Waals surface area (Å²) in [6.45, 7) is 6.60. The number of carbonyl (C=O) groups is 2. The minimum Gasteiger partial charge on any atom is -0.347 e. The molecule has 6 nitrogen and oxygen atoms in total. The molecule has 1 fully saturated rings. The average molecular weight is 332 g/mol. The van der Waals surface area contributed by atoms with Gasteiger partial charge in [-0.2, -0.15) is 0 Å². The molecule has 2 N–H and O–H groups in total. The summed E-state index contributed by atoms with van der Waals surface area (Å²) in [4.78, 5) is 29.7. The van der Waals surface area contributed by atoms with Crippen LogP contribution in [-0.4, -0.2) is 32.9 Å². The Balaban J connectivity index is 1.86. The molecule has 0 unspecified atom stereocenters. The summed E-state index contributed by atoms with van der Waals surface area (Å²) in [7, 11) is 0. The molecule has 132 valence electrons. The molecule has 1 aliphatic carbocycles. The molecule has 3 rings (SSSR count). The van der Waals surface area contributed by atoms with Crippen LogP contribution in [0.4, 0.5) is 0 Å². The summed E-state index contributed by atoms with van der Waals surface area (Å²) < 4.78 is 1.95. The second kappa shape index (κ2) is 6.57. The van der Waals surface area contributed by atoms with E-state index in [0.29, 0.717) is 11.5 Å². The zero-order chi connectivity index (χ0) is 17.3. The number of rotatable bonds is 3. The zero-order valence-corrected chi connectivity index (χ0v) is 14.9. The summed E-state index contributed by atoms with van der Waals surface area (Å²) in [5.74, 6) is 0.0728. The first-order chi connectivity index (χ1) is 11.3. The number of imidazole rings is 1. The monoisotopic (exact) mass is 332 g/mol. The molecular weight excluding hydrogens is 304 g/mol. The van der Waals surface area contributed by atoms with Gasteiger partial charge in [-0.25, -0.2) is 4.98 Å². The summed E-state index contributed by atoms with van der Waals surface area (Å²) in [6, 6.07) is 0.251. The van der Waals surface area contributed by atoms with E-state index in [1.54, 1.807) is 0 Å². The Morgan fingerprint density at radius 1 is 1.08 bits per heavy atom. The fourth-order valence-electron chi connectivity index (χ4n) is 3.62. The molecular formula is C18H28N4O2. The van der Waals surface area contributed by atoms with E-state index in [2.05, 4.69) is 15.6 Å². The first-order valence-corrected chi connectivity index (χ1v) is 9.08. The van der Waals surface area contributed by atoms with Crippen LogP contribution in [0, 0.1) is 0 Å². The van der Waals surface area contributed by atoms with Crippen molar-refractivity contribution < 1.29 is 9.59 Å². The molecule has 1 saturated carbocycles. The van der Waals surface area contributed by atoms with Gasteiger partial charge in [0.25, 0.3) is 11.8 Å². The summed E-state index contributed by atoms with van der Waals surface area (Å²) in [5.41, 5.74) is 0.995. The standard InChI is InChI=1S/C18H28N4O2/c1-18(2,3)21-16(23)14-13-10-6-7-11-22(13)15(20-14)17(24)19-12-8-4-5-9-12/h12H,4-11H2,1-3H3,(H,19,24)(H,21,23). The highest BCUT2D eigenvalue weighted by Gasteiger charge is 2.30. The number of aromatic nitrogens is 2. The van der Waals surface area contributed by atoms with Gasteiger partial charge in [0.15, 0.2) is 5.82 Å². The summed E-state index contributed by atoms with van der Waals surface area (Å²) >= 11 is 0. The van der Waals surface area contributed by atoms with Crippen molar-refractivity contribution in [3.63, 3.8) is 0 Å². The third kappa shape index (κ3) is 3.62. The quantitative estimate of drug-likeness (QED) is 0.892.